The third-order valence-electron chi connectivity index (χ3n) is 2.66. The van der Waals surface area contributed by atoms with Gasteiger partial charge in [-0.15, -0.1) is 0 Å². The first-order valence-corrected chi connectivity index (χ1v) is 5.19. The predicted octanol–water partition coefficient (Wildman–Crippen LogP) is 2.31. The molecule has 1 aromatic rings. The molecule has 1 aromatic carbocycles. The molecular formula is C11H9ClFNO2. The van der Waals surface area contributed by atoms with E-state index in [1.165, 1.54) is 24.3 Å². The standard InChI is InChI=1S/C11H9ClFNO2/c12-9(15)11(5-6-11)10(16)14-8-3-1-7(13)2-4-8/h1-4H,5-6H2,(H,14,16). The van der Waals surface area contributed by atoms with Gasteiger partial charge in [0.25, 0.3) is 0 Å². The van der Waals surface area contributed by atoms with Crippen LogP contribution < -0.4 is 5.32 Å². The van der Waals surface area contributed by atoms with Gasteiger partial charge in [0.05, 0.1) is 0 Å². The van der Waals surface area contributed by atoms with Gasteiger partial charge in [-0.2, -0.15) is 0 Å². The molecule has 0 atom stereocenters. The number of anilines is 1. The van der Waals surface area contributed by atoms with E-state index in [9.17, 15) is 14.0 Å². The molecule has 0 radical (unpaired) electrons. The first kappa shape index (κ1) is 11.1. The van der Waals surface area contributed by atoms with Crippen molar-refractivity contribution in [1.29, 1.82) is 0 Å². The molecule has 2 rings (SSSR count). The molecule has 1 fully saturated rings. The number of nitrogens with one attached hydrogen (secondary N) is 1. The summed E-state index contributed by atoms with van der Waals surface area (Å²) in [5, 5.41) is 1.91. The Morgan fingerprint density at radius 1 is 1.25 bits per heavy atom. The Morgan fingerprint density at radius 2 is 1.81 bits per heavy atom. The smallest absolute Gasteiger partial charge is 0.239 e. The zero-order chi connectivity index (χ0) is 11.8. The van der Waals surface area contributed by atoms with Crippen LogP contribution in [0.2, 0.25) is 0 Å². The van der Waals surface area contributed by atoms with Crippen LogP contribution in [0.3, 0.4) is 0 Å². The highest BCUT2D eigenvalue weighted by Gasteiger charge is 2.55. The lowest BCUT2D eigenvalue weighted by Gasteiger charge is -2.10. The highest BCUT2D eigenvalue weighted by molar-refractivity contribution is 6.67. The van der Waals surface area contributed by atoms with Crippen LogP contribution in [0.4, 0.5) is 10.1 Å². The summed E-state index contributed by atoms with van der Waals surface area (Å²) >= 11 is 5.36. The molecular weight excluding hydrogens is 233 g/mol. The maximum absolute atomic E-state index is 12.6. The van der Waals surface area contributed by atoms with E-state index in [4.69, 9.17) is 11.6 Å². The van der Waals surface area contributed by atoms with E-state index in [-0.39, 0.29) is 5.82 Å². The molecule has 5 heteroatoms. The van der Waals surface area contributed by atoms with Gasteiger partial charge in [0.1, 0.15) is 11.2 Å². The molecule has 1 saturated carbocycles. The summed E-state index contributed by atoms with van der Waals surface area (Å²) in [4.78, 5) is 22.8. The zero-order valence-electron chi connectivity index (χ0n) is 8.30. The van der Waals surface area contributed by atoms with E-state index in [0.29, 0.717) is 18.5 Å². The molecule has 0 spiro atoms. The quantitative estimate of drug-likeness (QED) is 0.652. The van der Waals surface area contributed by atoms with Crippen molar-refractivity contribution in [3.05, 3.63) is 30.1 Å². The highest BCUT2D eigenvalue weighted by atomic mass is 35.5. The number of halogens is 2. The molecule has 1 aliphatic rings. The molecule has 0 heterocycles. The van der Waals surface area contributed by atoms with Crippen LogP contribution in [0.1, 0.15) is 12.8 Å². The Balaban J connectivity index is 2.08. The monoisotopic (exact) mass is 241 g/mol. The van der Waals surface area contributed by atoms with Crippen molar-refractivity contribution in [2.24, 2.45) is 5.41 Å². The third-order valence-corrected chi connectivity index (χ3v) is 3.02. The van der Waals surface area contributed by atoms with Crippen molar-refractivity contribution in [3.63, 3.8) is 0 Å². The van der Waals surface area contributed by atoms with Gasteiger partial charge < -0.3 is 5.32 Å². The molecule has 1 aliphatic carbocycles. The second kappa shape index (κ2) is 3.87. The summed E-state index contributed by atoms with van der Waals surface area (Å²) in [6, 6.07) is 5.33. The van der Waals surface area contributed by atoms with Gasteiger partial charge in [-0.25, -0.2) is 4.39 Å². The minimum Gasteiger partial charge on any atom is -0.325 e. The van der Waals surface area contributed by atoms with E-state index < -0.39 is 16.6 Å². The third kappa shape index (κ3) is 1.93. The fourth-order valence-electron chi connectivity index (χ4n) is 1.42. The van der Waals surface area contributed by atoms with Crippen LogP contribution in [0.15, 0.2) is 24.3 Å². The van der Waals surface area contributed by atoms with Crippen molar-refractivity contribution in [2.75, 3.05) is 5.32 Å². The van der Waals surface area contributed by atoms with E-state index in [2.05, 4.69) is 5.32 Å². The second-order valence-corrected chi connectivity index (χ2v) is 4.16. The van der Waals surface area contributed by atoms with Crippen molar-refractivity contribution in [3.8, 4) is 0 Å². The lowest BCUT2D eigenvalue weighted by Crippen LogP contribution is -2.28. The topological polar surface area (TPSA) is 46.2 Å². The van der Waals surface area contributed by atoms with Gasteiger partial charge in [-0.1, -0.05) is 0 Å². The molecule has 84 valence electrons. The van der Waals surface area contributed by atoms with Crippen LogP contribution in [0, 0.1) is 11.2 Å². The fourth-order valence-corrected chi connectivity index (χ4v) is 1.70. The average molecular weight is 242 g/mol. The number of carbonyl (C=O) groups excluding carboxylic acids is 2. The van der Waals surface area contributed by atoms with Gasteiger partial charge in [0, 0.05) is 5.69 Å². The maximum atomic E-state index is 12.6. The SMILES string of the molecule is O=C(Cl)C1(C(=O)Nc2ccc(F)cc2)CC1. The molecule has 3 nitrogen and oxygen atoms in total. The number of rotatable bonds is 3. The molecule has 1 amide bonds. The number of hydrogen-bond donors (Lipinski definition) is 1. The van der Waals surface area contributed by atoms with Gasteiger partial charge in [0.15, 0.2) is 0 Å². The highest BCUT2D eigenvalue weighted by Crippen LogP contribution is 2.48. The molecule has 0 aromatic heterocycles. The van der Waals surface area contributed by atoms with Gasteiger partial charge in [-0.05, 0) is 48.7 Å². The van der Waals surface area contributed by atoms with Crippen LogP contribution in [0.25, 0.3) is 0 Å². The summed E-state index contributed by atoms with van der Waals surface area (Å²) in [6.07, 6.45) is 0.949. The van der Waals surface area contributed by atoms with Crippen molar-refractivity contribution in [2.45, 2.75) is 12.8 Å². The lowest BCUT2D eigenvalue weighted by atomic mass is 10.1. The fraction of sp³-hybridized carbons (Fsp3) is 0.273. The van der Waals surface area contributed by atoms with E-state index in [1.807, 2.05) is 0 Å². The zero-order valence-corrected chi connectivity index (χ0v) is 9.05. The van der Waals surface area contributed by atoms with Gasteiger partial charge in [-0.3, -0.25) is 9.59 Å². The van der Waals surface area contributed by atoms with Crippen LogP contribution in [-0.4, -0.2) is 11.1 Å². The Kier molecular flexibility index (Phi) is 2.68. The summed E-state index contributed by atoms with van der Waals surface area (Å²) < 4.78 is 12.6. The summed E-state index contributed by atoms with van der Waals surface area (Å²) in [5.41, 5.74) is -0.605. The van der Waals surface area contributed by atoms with E-state index in [1.54, 1.807) is 0 Å². The largest absolute Gasteiger partial charge is 0.325 e. The molecule has 1 N–H and O–H groups in total. The first-order valence-electron chi connectivity index (χ1n) is 4.81. The number of carbonyl (C=O) groups is 2. The summed E-state index contributed by atoms with van der Waals surface area (Å²) in [6.45, 7) is 0. The Bertz CT molecular complexity index is 440. The number of amides is 1. The number of benzene rings is 1. The average Bonchev–Trinajstić information content (AvgIpc) is 3.02. The summed E-state index contributed by atoms with van der Waals surface area (Å²) in [5.74, 6) is -0.799. The molecule has 0 aliphatic heterocycles. The van der Waals surface area contributed by atoms with Gasteiger partial charge >= 0.3 is 0 Å². The molecule has 16 heavy (non-hydrogen) atoms. The van der Waals surface area contributed by atoms with Crippen molar-refractivity contribution in [1.82, 2.24) is 0 Å². The Labute approximate surface area is 96.6 Å². The maximum Gasteiger partial charge on any atom is 0.239 e. The number of hydrogen-bond acceptors (Lipinski definition) is 2. The van der Waals surface area contributed by atoms with Crippen molar-refractivity contribution < 1.29 is 14.0 Å². The van der Waals surface area contributed by atoms with E-state index in [0.717, 1.165) is 0 Å². The molecule has 0 bridgehead atoms. The van der Waals surface area contributed by atoms with Crippen LogP contribution in [-0.2, 0) is 9.59 Å². The molecule has 0 unspecified atom stereocenters. The second-order valence-electron chi connectivity index (χ2n) is 3.82. The van der Waals surface area contributed by atoms with Crippen molar-refractivity contribution >= 4 is 28.4 Å². The first-order chi connectivity index (χ1) is 7.54. The summed E-state index contributed by atoms with van der Waals surface area (Å²) in [7, 11) is 0. The molecule has 0 saturated heterocycles. The van der Waals surface area contributed by atoms with Gasteiger partial charge in [0.2, 0.25) is 11.1 Å². The minimum atomic E-state index is -1.06. The van der Waals surface area contributed by atoms with Crippen LogP contribution >= 0.6 is 11.6 Å². The predicted molar refractivity (Wildman–Crippen MR) is 57.6 cm³/mol. The Morgan fingerprint density at radius 3 is 2.25 bits per heavy atom. The van der Waals surface area contributed by atoms with E-state index >= 15 is 0 Å². The minimum absolute atomic E-state index is 0.382. The van der Waals surface area contributed by atoms with Crippen LogP contribution in [0.5, 0.6) is 0 Å². The Hall–Kier alpha value is -1.42. The normalized spacial score (nSPS) is 16.6. The lowest BCUT2D eigenvalue weighted by molar-refractivity contribution is -0.128.